The second kappa shape index (κ2) is 20.6. The maximum atomic E-state index is 12.0. The van der Waals surface area contributed by atoms with Crippen LogP contribution in [0.5, 0.6) is 0 Å². The first-order chi connectivity index (χ1) is 13.2. The van der Waals surface area contributed by atoms with Crippen LogP contribution in [0.2, 0.25) is 0 Å². The van der Waals surface area contributed by atoms with Gasteiger partial charge in [0.15, 0.2) is 5.79 Å². The van der Waals surface area contributed by atoms with E-state index in [4.69, 9.17) is 9.47 Å². The molecule has 164 valence electrons. The third kappa shape index (κ3) is 19.0. The first-order valence-electron chi connectivity index (χ1n) is 11.9. The van der Waals surface area contributed by atoms with Crippen molar-refractivity contribution in [3.63, 3.8) is 0 Å². The molecule has 0 bridgehead atoms. The lowest BCUT2D eigenvalue weighted by Gasteiger charge is -2.28. The molecule has 0 aliphatic heterocycles. The van der Waals surface area contributed by atoms with Crippen molar-refractivity contribution in [1.29, 1.82) is 0 Å². The van der Waals surface area contributed by atoms with Gasteiger partial charge in [-0.2, -0.15) is 0 Å². The van der Waals surface area contributed by atoms with Crippen molar-refractivity contribution < 1.29 is 13.9 Å². The summed E-state index contributed by atoms with van der Waals surface area (Å²) in [5.74, 6) is -0.423. The number of halogens is 1. The Kier molecular flexibility index (Phi) is 20.5. The number of rotatable bonds is 22. The summed E-state index contributed by atoms with van der Waals surface area (Å²) in [5.41, 5.74) is 0. The summed E-state index contributed by atoms with van der Waals surface area (Å²) in [6.07, 6.45) is 22.3. The number of unbranched alkanes of at least 4 members (excludes halogenated alkanes) is 15. The maximum Gasteiger partial charge on any atom is 0.165 e. The van der Waals surface area contributed by atoms with Crippen molar-refractivity contribution in [1.82, 2.24) is 0 Å². The van der Waals surface area contributed by atoms with Gasteiger partial charge < -0.3 is 9.47 Å². The largest absolute Gasteiger partial charge is 0.353 e. The van der Waals surface area contributed by atoms with Crippen LogP contribution in [0.15, 0.2) is 0 Å². The van der Waals surface area contributed by atoms with E-state index < -0.39 is 5.79 Å². The van der Waals surface area contributed by atoms with Gasteiger partial charge >= 0.3 is 0 Å². The Morgan fingerprint density at radius 3 is 1.56 bits per heavy atom. The SMILES string of the molecule is CCCCCCCCCCCCCC(C)(OC)OCCCCCCCCF. The number of ether oxygens (including phenoxy) is 2. The molecule has 0 radical (unpaired) electrons. The summed E-state index contributed by atoms with van der Waals surface area (Å²) in [4.78, 5) is 0. The van der Waals surface area contributed by atoms with Gasteiger partial charge in [0.25, 0.3) is 0 Å². The summed E-state index contributed by atoms with van der Waals surface area (Å²) >= 11 is 0. The molecule has 1 unspecified atom stereocenters. The fraction of sp³-hybridized carbons (Fsp3) is 1.00. The molecule has 0 aromatic rings. The number of hydrogen-bond acceptors (Lipinski definition) is 2. The first kappa shape index (κ1) is 26.9. The molecule has 0 spiro atoms. The molecular formula is C24H49FO2. The summed E-state index contributed by atoms with van der Waals surface area (Å²) in [7, 11) is 1.76. The third-order valence-corrected chi connectivity index (χ3v) is 5.60. The van der Waals surface area contributed by atoms with E-state index in [0.717, 1.165) is 38.7 Å². The lowest BCUT2D eigenvalue weighted by atomic mass is 10.0. The average molecular weight is 389 g/mol. The highest BCUT2D eigenvalue weighted by atomic mass is 19.1. The summed E-state index contributed by atoms with van der Waals surface area (Å²) in [6.45, 7) is 4.95. The molecule has 27 heavy (non-hydrogen) atoms. The van der Waals surface area contributed by atoms with Crippen molar-refractivity contribution in [2.75, 3.05) is 20.4 Å². The summed E-state index contributed by atoms with van der Waals surface area (Å²) in [6, 6.07) is 0. The fourth-order valence-electron chi connectivity index (χ4n) is 3.54. The van der Waals surface area contributed by atoms with E-state index in [1.54, 1.807) is 7.11 Å². The lowest BCUT2D eigenvalue weighted by molar-refractivity contribution is -0.215. The Morgan fingerprint density at radius 2 is 1.07 bits per heavy atom. The van der Waals surface area contributed by atoms with E-state index in [1.165, 1.54) is 83.5 Å². The van der Waals surface area contributed by atoms with E-state index in [2.05, 4.69) is 13.8 Å². The van der Waals surface area contributed by atoms with Crippen LogP contribution >= 0.6 is 0 Å². The van der Waals surface area contributed by atoms with Gasteiger partial charge in [0.1, 0.15) is 0 Å². The van der Waals surface area contributed by atoms with Gasteiger partial charge in [0.2, 0.25) is 0 Å². The standard InChI is InChI=1S/C24H49FO2/c1-4-5-6-7-8-9-10-11-12-15-18-21-24(2,26-3)27-23-20-17-14-13-16-19-22-25/h4-23H2,1-3H3. The molecule has 0 aliphatic carbocycles. The molecule has 0 heterocycles. The summed E-state index contributed by atoms with van der Waals surface area (Å²) < 4.78 is 23.7. The van der Waals surface area contributed by atoms with Crippen LogP contribution in [0.3, 0.4) is 0 Å². The van der Waals surface area contributed by atoms with Crippen molar-refractivity contribution in [3.8, 4) is 0 Å². The summed E-state index contributed by atoms with van der Waals surface area (Å²) in [5, 5.41) is 0. The van der Waals surface area contributed by atoms with E-state index in [1.807, 2.05) is 0 Å². The molecule has 0 aromatic carbocycles. The van der Waals surface area contributed by atoms with E-state index in [-0.39, 0.29) is 6.67 Å². The van der Waals surface area contributed by atoms with Crippen LogP contribution in [-0.4, -0.2) is 26.2 Å². The van der Waals surface area contributed by atoms with Crippen LogP contribution in [0.1, 0.15) is 129 Å². The topological polar surface area (TPSA) is 18.5 Å². The van der Waals surface area contributed by atoms with Gasteiger partial charge in [0, 0.05) is 13.5 Å². The zero-order valence-electron chi connectivity index (χ0n) is 18.8. The predicted octanol–water partition coefficient (Wildman–Crippen LogP) is 8.38. The van der Waals surface area contributed by atoms with E-state index >= 15 is 0 Å². The van der Waals surface area contributed by atoms with Gasteiger partial charge in [-0.25, -0.2) is 0 Å². The van der Waals surface area contributed by atoms with Gasteiger partial charge in [-0.3, -0.25) is 4.39 Å². The molecule has 0 saturated heterocycles. The van der Waals surface area contributed by atoms with Crippen molar-refractivity contribution in [2.24, 2.45) is 0 Å². The molecule has 0 aromatic heterocycles. The highest BCUT2D eigenvalue weighted by Crippen LogP contribution is 2.22. The molecule has 1 atom stereocenters. The fourth-order valence-corrected chi connectivity index (χ4v) is 3.54. The molecule has 0 N–H and O–H groups in total. The smallest absolute Gasteiger partial charge is 0.165 e. The Morgan fingerprint density at radius 1 is 0.630 bits per heavy atom. The van der Waals surface area contributed by atoms with Crippen LogP contribution < -0.4 is 0 Å². The molecule has 0 fully saturated rings. The van der Waals surface area contributed by atoms with Gasteiger partial charge in [-0.1, -0.05) is 96.8 Å². The number of methoxy groups -OCH3 is 1. The van der Waals surface area contributed by atoms with E-state index in [0.29, 0.717) is 0 Å². The van der Waals surface area contributed by atoms with Crippen molar-refractivity contribution >= 4 is 0 Å². The lowest BCUT2D eigenvalue weighted by Crippen LogP contribution is -2.31. The van der Waals surface area contributed by atoms with Crippen molar-refractivity contribution in [3.05, 3.63) is 0 Å². The minimum absolute atomic E-state index is 0.172. The predicted molar refractivity (Wildman–Crippen MR) is 116 cm³/mol. The normalized spacial score (nSPS) is 13.8. The molecular weight excluding hydrogens is 339 g/mol. The molecule has 0 rings (SSSR count). The molecule has 2 nitrogen and oxygen atoms in total. The Labute approximate surface area is 170 Å². The monoisotopic (exact) mass is 388 g/mol. The van der Waals surface area contributed by atoms with Crippen LogP contribution in [0.4, 0.5) is 4.39 Å². The minimum Gasteiger partial charge on any atom is -0.353 e. The Bertz CT molecular complexity index is 286. The molecule has 0 aliphatic rings. The second-order valence-electron chi connectivity index (χ2n) is 8.28. The van der Waals surface area contributed by atoms with Gasteiger partial charge in [0.05, 0.1) is 13.3 Å². The van der Waals surface area contributed by atoms with Crippen LogP contribution in [-0.2, 0) is 9.47 Å². The van der Waals surface area contributed by atoms with Gasteiger partial charge in [-0.15, -0.1) is 0 Å². The molecule has 3 heteroatoms. The zero-order chi connectivity index (χ0) is 20.1. The maximum absolute atomic E-state index is 12.0. The second-order valence-corrected chi connectivity index (χ2v) is 8.28. The highest BCUT2D eigenvalue weighted by molar-refractivity contribution is 4.63. The average Bonchev–Trinajstić information content (AvgIpc) is 2.68. The van der Waals surface area contributed by atoms with Crippen LogP contribution in [0, 0.1) is 0 Å². The van der Waals surface area contributed by atoms with Crippen LogP contribution in [0.25, 0.3) is 0 Å². The minimum atomic E-state index is -0.423. The molecule has 0 amide bonds. The Balaban J connectivity index is 3.47. The van der Waals surface area contributed by atoms with Crippen molar-refractivity contribution in [2.45, 2.75) is 135 Å². The Hall–Kier alpha value is -0.150. The highest BCUT2D eigenvalue weighted by Gasteiger charge is 2.23. The first-order valence-corrected chi connectivity index (χ1v) is 11.9. The third-order valence-electron chi connectivity index (χ3n) is 5.60. The number of alkyl halides is 1. The molecule has 0 saturated carbocycles. The quantitative estimate of drug-likeness (QED) is 0.137. The zero-order valence-corrected chi connectivity index (χ0v) is 18.8. The number of hydrogen-bond donors (Lipinski definition) is 0. The van der Waals surface area contributed by atoms with E-state index in [9.17, 15) is 4.39 Å². The van der Waals surface area contributed by atoms with Gasteiger partial charge in [-0.05, 0) is 26.2 Å².